The third-order valence-electron chi connectivity index (χ3n) is 2.10. The molecule has 0 saturated heterocycles. The molecule has 1 aromatic rings. The van der Waals surface area contributed by atoms with Crippen LogP contribution in [0.15, 0.2) is 18.7 Å². The van der Waals surface area contributed by atoms with E-state index in [9.17, 15) is 14.9 Å². The van der Waals surface area contributed by atoms with E-state index in [1.165, 1.54) is 23.3 Å². The Balaban J connectivity index is 2.98. The van der Waals surface area contributed by atoms with Gasteiger partial charge in [-0.3, -0.25) is 0 Å². The molecule has 0 amide bonds. The van der Waals surface area contributed by atoms with Crippen molar-refractivity contribution in [2.24, 2.45) is 0 Å². The molecule has 0 bridgehead atoms. The average Bonchev–Trinajstić information content (AvgIpc) is 2.69. The van der Waals surface area contributed by atoms with E-state index in [4.69, 9.17) is 9.79 Å². The molecule has 10 heteroatoms. The Kier molecular flexibility index (Phi) is 4.34. The van der Waals surface area contributed by atoms with Crippen LogP contribution in [0.5, 0.6) is 0 Å². The van der Waals surface area contributed by atoms with Crippen LogP contribution in [-0.2, 0) is 11.1 Å². The SMILES string of the molecule is CO[PH](O)(O)C(O)(Cn1ccnc1)P(O)O. The zero-order valence-corrected chi connectivity index (χ0v) is 10.3. The molecule has 0 aliphatic carbocycles. The Morgan fingerprint density at radius 1 is 1.50 bits per heavy atom. The van der Waals surface area contributed by atoms with Crippen molar-refractivity contribution in [2.75, 3.05) is 7.11 Å². The van der Waals surface area contributed by atoms with Crippen molar-refractivity contribution in [3.8, 4) is 0 Å². The van der Waals surface area contributed by atoms with Gasteiger partial charge in [0.2, 0.25) is 0 Å². The molecule has 94 valence electrons. The maximum atomic E-state index is 9.91. The van der Waals surface area contributed by atoms with E-state index in [1.807, 2.05) is 0 Å². The van der Waals surface area contributed by atoms with Crippen molar-refractivity contribution in [1.82, 2.24) is 9.55 Å². The molecule has 1 heterocycles. The standard InChI is InChI=1S/C6H14N2O6P2/c1-14-16(12,13)6(9,15(10)11)4-8-3-2-7-5-8/h2-3,5,9-13,16H,4H2,1H3. The second-order valence-electron chi connectivity index (χ2n) is 3.15. The van der Waals surface area contributed by atoms with Gasteiger partial charge in [0.05, 0.1) is 0 Å². The van der Waals surface area contributed by atoms with Crippen molar-refractivity contribution >= 4 is 16.3 Å². The van der Waals surface area contributed by atoms with E-state index in [-0.39, 0.29) is 0 Å². The van der Waals surface area contributed by atoms with Crippen LogP contribution in [-0.4, -0.2) is 46.4 Å². The van der Waals surface area contributed by atoms with Crippen LogP contribution in [0.4, 0.5) is 0 Å². The van der Waals surface area contributed by atoms with Crippen molar-refractivity contribution in [1.29, 1.82) is 0 Å². The average molecular weight is 272 g/mol. The number of aromatic nitrogens is 2. The monoisotopic (exact) mass is 272 g/mol. The first-order chi connectivity index (χ1) is 7.33. The molecule has 16 heavy (non-hydrogen) atoms. The van der Waals surface area contributed by atoms with Gasteiger partial charge in [0.25, 0.3) is 0 Å². The Bertz CT molecular complexity index is 332. The van der Waals surface area contributed by atoms with Crippen LogP contribution < -0.4 is 0 Å². The summed E-state index contributed by atoms with van der Waals surface area (Å²) in [6.07, 6.45) is 4.14. The van der Waals surface area contributed by atoms with E-state index in [0.29, 0.717) is 0 Å². The molecule has 8 nitrogen and oxygen atoms in total. The van der Waals surface area contributed by atoms with Gasteiger partial charge in [0.1, 0.15) is 0 Å². The number of hydrogen-bond donors (Lipinski definition) is 5. The molecule has 0 saturated carbocycles. The number of imidazole rings is 1. The second-order valence-corrected chi connectivity index (χ2v) is 7.34. The molecule has 0 fully saturated rings. The summed E-state index contributed by atoms with van der Waals surface area (Å²) in [6.45, 7) is -0.432. The minimum absolute atomic E-state index is 0.432. The van der Waals surface area contributed by atoms with Gasteiger partial charge in [-0.15, -0.1) is 0 Å². The number of nitrogens with zero attached hydrogens (tertiary/aromatic N) is 2. The molecule has 5 N–H and O–H groups in total. The molecule has 1 rings (SSSR count). The van der Waals surface area contributed by atoms with Gasteiger partial charge < -0.3 is 0 Å². The third kappa shape index (κ3) is 2.56. The molecular weight excluding hydrogens is 258 g/mol. The Morgan fingerprint density at radius 3 is 2.50 bits per heavy atom. The van der Waals surface area contributed by atoms with Gasteiger partial charge in [-0.25, -0.2) is 0 Å². The fraction of sp³-hybridized carbons (Fsp3) is 0.500. The van der Waals surface area contributed by atoms with Crippen LogP contribution in [0.1, 0.15) is 0 Å². The van der Waals surface area contributed by atoms with Crippen LogP contribution in [0, 0.1) is 0 Å². The zero-order valence-electron chi connectivity index (χ0n) is 8.43. The molecular formula is C6H14N2O6P2. The summed E-state index contributed by atoms with van der Waals surface area (Å²) in [5.41, 5.74) is 0. The quantitative estimate of drug-likeness (QED) is 0.433. The summed E-state index contributed by atoms with van der Waals surface area (Å²) in [7, 11) is -6.64. The fourth-order valence-electron chi connectivity index (χ4n) is 1.09. The fourth-order valence-corrected chi connectivity index (χ4v) is 3.42. The van der Waals surface area contributed by atoms with Crippen LogP contribution in [0.3, 0.4) is 0 Å². The van der Waals surface area contributed by atoms with Gasteiger partial charge in [-0.2, -0.15) is 0 Å². The predicted octanol–water partition coefficient (Wildman–Crippen LogP) is -1.05. The van der Waals surface area contributed by atoms with E-state index in [1.54, 1.807) is 0 Å². The molecule has 0 aliphatic rings. The maximum absolute atomic E-state index is 9.91. The first kappa shape index (κ1) is 13.9. The summed E-state index contributed by atoms with van der Waals surface area (Å²) >= 11 is 0. The zero-order chi connectivity index (χ0) is 12.4. The summed E-state index contributed by atoms with van der Waals surface area (Å²) in [5, 5.41) is 7.40. The van der Waals surface area contributed by atoms with Crippen molar-refractivity contribution in [2.45, 2.75) is 11.6 Å². The summed E-state index contributed by atoms with van der Waals surface area (Å²) in [6, 6.07) is 0. The van der Waals surface area contributed by atoms with E-state index >= 15 is 0 Å². The normalized spacial score (nSPS) is 17.4. The molecule has 0 aromatic carbocycles. The molecule has 1 unspecified atom stereocenters. The molecule has 1 aromatic heterocycles. The van der Waals surface area contributed by atoms with Gasteiger partial charge in [0.15, 0.2) is 0 Å². The predicted molar refractivity (Wildman–Crippen MR) is 58.3 cm³/mol. The van der Waals surface area contributed by atoms with E-state index in [0.717, 1.165) is 7.11 Å². The van der Waals surface area contributed by atoms with Crippen LogP contribution in [0.2, 0.25) is 0 Å². The third-order valence-corrected chi connectivity index (χ3v) is 6.15. The Hall–Kier alpha value is -0.170. The van der Waals surface area contributed by atoms with Gasteiger partial charge >= 0.3 is 92.5 Å². The van der Waals surface area contributed by atoms with E-state index in [2.05, 4.69) is 9.51 Å². The summed E-state index contributed by atoms with van der Waals surface area (Å²) < 4.78 is 5.66. The van der Waals surface area contributed by atoms with Gasteiger partial charge in [-0.1, -0.05) is 0 Å². The van der Waals surface area contributed by atoms with E-state index < -0.39 is 27.9 Å². The Morgan fingerprint density at radius 2 is 2.12 bits per heavy atom. The molecule has 0 radical (unpaired) electrons. The number of hydrogen-bond acceptors (Lipinski definition) is 7. The Labute approximate surface area is 93.3 Å². The molecule has 0 aliphatic heterocycles. The molecule has 0 spiro atoms. The van der Waals surface area contributed by atoms with Crippen molar-refractivity contribution < 1.29 is 29.2 Å². The first-order valence-corrected chi connectivity index (χ1v) is 7.24. The summed E-state index contributed by atoms with van der Waals surface area (Å²) in [4.78, 5) is 40.9. The van der Waals surface area contributed by atoms with Gasteiger partial charge in [0, 0.05) is 0 Å². The summed E-state index contributed by atoms with van der Waals surface area (Å²) in [5.74, 6) is 0. The van der Waals surface area contributed by atoms with Crippen molar-refractivity contribution in [3.05, 3.63) is 18.7 Å². The van der Waals surface area contributed by atoms with Gasteiger partial charge in [-0.05, 0) is 0 Å². The number of rotatable bonds is 5. The number of aliphatic hydroxyl groups is 1. The van der Waals surface area contributed by atoms with Crippen molar-refractivity contribution in [3.63, 3.8) is 0 Å². The second kappa shape index (κ2) is 5.00. The minimum atomic E-state index is -4.61. The topological polar surface area (TPSA) is 128 Å². The van der Waals surface area contributed by atoms with Crippen LogP contribution >= 0.6 is 16.3 Å². The first-order valence-electron chi connectivity index (χ1n) is 4.19. The molecule has 1 atom stereocenters. The van der Waals surface area contributed by atoms with Crippen LogP contribution in [0.25, 0.3) is 0 Å².